The van der Waals surface area contributed by atoms with Crippen LogP contribution in [0, 0.1) is 11.3 Å². The SMILES string of the molecule is COc1cccc(CN2CCN(CC(=O)Nc3sc4c(c3C#N)CCCC4)CC2)c1. The summed E-state index contributed by atoms with van der Waals surface area (Å²) >= 11 is 1.59. The van der Waals surface area contributed by atoms with Crippen LogP contribution in [-0.4, -0.2) is 55.5 Å². The van der Waals surface area contributed by atoms with Crippen LogP contribution in [0.3, 0.4) is 0 Å². The number of thiophene rings is 1. The summed E-state index contributed by atoms with van der Waals surface area (Å²) in [6, 6.07) is 10.5. The van der Waals surface area contributed by atoms with Gasteiger partial charge < -0.3 is 10.1 Å². The molecule has 2 aliphatic rings. The van der Waals surface area contributed by atoms with E-state index in [0.717, 1.165) is 68.3 Å². The number of amides is 1. The number of methoxy groups -OCH3 is 1. The van der Waals surface area contributed by atoms with Crippen LogP contribution in [-0.2, 0) is 24.2 Å². The van der Waals surface area contributed by atoms with Crippen LogP contribution in [0.15, 0.2) is 24.3 Å². The van der Waals surface area contributed by atoms with Crippen molar-refractivity contribution in [2.75, 3.05) is 45.2 Å². The van der Waals surface area contributed by atoms with Gasteiger partial charge in [-0.1, -0.05) is 12.1 Å². The third-order valence-electron chi connectivity index (χ3n) is 5.91. The van der Waals surface area contributed by atoms with E-state index in [2.05, 4.69) is 33.3 Å². The third-order valence-corrected chi connectivity index (χ3v) is 7.12. The molecule has 6 nitrogen and oxygen atoms in total. The highest BCUT2D eigenvalue weighted by Crippen LogP contribution is 2.37. The molecule has 1 fully saturated rings. The first-order valence-corrected chi connectivity index (χ1v) is 11.4. The number of anilines is 1. The monoisotopic (exact) mass is 424 g/mol. The number of ether oxygens (including phenoxy) is 1. The standard InChI is InChI=1S/C23H28N4O2S/c1-29-18-6-4-5-17(13-18)15-26-9-11-27(12-10-26)16-22(28)25-23-20(14-24)19-7-2-3-8-21(19)30-23/h4-6,13H,2-3,7-12,15-16H2,1H3,(H,25,28). The second-order valence-electron chi connectivity index (χ2n) is 7.98. The minimum atomic E-state index is -0.0219. The molecular formula is C23H28N4O2S. The molecule has 30 heavy (non-hydrogen) atoms. The van der Waals surface area contributed by atoms with E-state index in [9.17, 15) is 10.1 Å². The molecule has 1 N–H and O–H groups in total. The summed E-state index contributed by atoms with van der Waals surface area (Å²) in [5, 5.41) is 13.3. The van der Waals surface area contributed by atoms with Gasteiger partial charge in [-0.15, -0.1) is 11.3 Å². The number of piperazine rings is 1. The zero-order valence-corrected chi connectivity index (χ0v) is 18.3. The van der Waals surface area contributed by atoms with Crippen LogP contribution in [0.4, 0.5) is 5.00 Å². The Morgan fingerprint density at radius 1 is 1.20 bits per heavy atom. The number of nitriles is 1. The number of benzene rings is 1. The van der Waals surface area contributed by atoms with Crippen LogP contribution in [0.1, 0.15) is 34.4 Å². The van der Waals surface area contributed by atoms with Crippen LogP contribution in [0.25, 0.3) is 0 Å². The molecule has 0 spiro atoms. The molecule has 2 heterocycles. The van der Waals surface area contributed by atoms with E-state index in [1.165, 1.54) is 16.9 Å². The van der Waals surface area contributed by atoms with Gasteiger partial charge in [0, 0.05) is 37.6 Å². The first kappa shape index (κ1) is 20.9. The third kappa shape index (κ3) is 4.84. The number of rotatable bonds is 6. The number of nitrogens with one attached hydrogen (secondary N) is 1. The number of aryl methyl sites for hydroxylation is 1. The number of hydrogen-bond donors (Lipinski definition) is 1. The predicted octanol–water partition coefficient (Wildman–Crippen LogP) is 3.26. The van der Waals surface area contributed by atoms with E-state index >= 15 is 0 Å². The fraction of sp³-hybridized carbons (Fsp3) is 0.478. The molecule has 1 saturated heterocycles. The molecule has 1 aliphatic carbocycles. The molecule has 1 aromatic carbocycles. The van der Waals surface area contributed by atoms with Gasteiger partial charge in [-0.2, -0.15) is 5.26 Å². The van der Waals surface area contributed by atoms with Crippen molar-refractivity contribution in [2.24, 2.45) is 0 Å². The number of fused-ring (bicyclic) bond motifs is 1. The minimum absolute atomic E-state index is 0.0219. The lowest BCUT2D eigenvalue weighted by Crippen LogP contribution is -2.48. The molecule has 0 unspecified atom stereocenters. The van der Waals surface area contributed by atoms with Crippen molar-refractivity contribution < 1.29 is 9.53 Å². The summed E-state index contributed by atoms with van der Waals surface area (Å²) in [6.45, 7) is 4.86. The minimum Gasteiger partial charge on any atom is -0.497 e. The largest absolute Gasteiger partial charge is 0.497 e. The summed E-state index contributed by atoms with van der Waals surface area (Å²) in [4.78, 5) is 18.5. The Kier molecular flexibility index (Phi) is 6.68. The molecule has 1 amide bonds. The average Bonchev–Trinajstić information content (AvgIpc) is 3.12. The molecule has 4 rings (SSSR count). The number of nitrogens with zero attached hydrogens (tertiary/aromatic N) is 3. The molecule has 1 aliphatic heterocycles. The molecule has 7 heteroatoms. The number of hydrogen-bond acceptors (Lipinski definition) is 6. The van der Waals surface area contributed by atoms with Gasteiger partial charge >= 0.3 is 0 Å². The second-order valence-corrected chi connectivity index (χ2v) is 9.08. The van der Waals surface area contributed by atoms with Crippen molar-refractivity contribution in [3.63, 3.8) is 0 Å². The van der Waals surface area contributed by atoms with Gasteiger partial charge in [0.2, 0.25) is 5.91 Å². The second kappa shape index (κ2) is 9.61. The van der Waals surface area contributed by atoms with Crippen molar-refractivity contribution in [1.82, 2.24) is 9.80 Å². The molecule has 1 aromatic heterocycles. The lowest BCUT2D eigenvalue weighted by atomic mass is 9.96. The summed E-state index contributed by atoms with van der Waals surface area (Å²) in [5.74, 6) is 0.862. The zero-order chi connectivity index (χ0) is 20.9. The summed E-state index contributed by atoms with van der Waals surface area (Å²) in [7, 11) is 1.69. The highest BCUT2D eigenvalue weighted by Gasteiger charge is 2.23. The van der Waals surface area contributed by atoms with E-state index in [-0.39, 0.29) is 5.91 Å². The summed E-state index contributed by atoms with van der Waals surface area (Å²) < 4.78 is 5.31. The predicted molar refractivity (Wildman–Crippen MR) is 119 cm³/mol. The highest BCUT2D eigenvalue weighted by atomic mass is 32.1. The Morgan fingerprint density at radius 3 is 2.73 bits per heavy atom. The van der Waals surface area contributed by atoms with E-state index in [4.69, 9.17) is 4.74 Å². The fourth-order valence-electron chi connectivity index (χ4n) is 4.28. The van der Waals surface area contributed by atoms with Crippen LogP contribution < -0.4 is 10.1 Å². The summed E-state index contributed by atoms with van der Waals surface area (Å²) in [5.41, 5.74) is 3.09. The van der Waals surface area contributed by atoms with E-state index in [0.29, 0.717) is 12.1 Å². The van der Waals surface area contributed by atoms with E-state index < -0.39 is 0 Å². The number of carbonyl (C=O) groups is 1. The molecule has 0 bridgehead atoms. The van der Waals surface area contributed by atoms with E-state index in [1.807, 2.05) is 12.1 Å². The maximum Gasteiger partial charge on any atom is 0.239 e. The van der Waals surface area contributed by atoms with Crippen molar-refractivity contribution in [2.45, 2.75) is 32.2 Å². The van der Waals surface area contributed by atoms with Crippen molar-refractivity contribution in [3.05, 3.63) is 45.8 Å². The maximum atomic E-state index is 12.6. The first-order valence-electron chi connectivity index (χ1n) is 10.6. The Hall–Kier alpha value is -2.40. The van der Waals surface area contributed by atoms with Crippen LogP contribution >= 0.6 is 11.3 Å². The van der Waals surface area contributed by atoms with E-state index in [1.54, 1.807) is 18.4 Å². The van der Waals surface area contributed by atoms with Gasteiger partial charge in [-0.25, -0.2) is 0 Å². The van der Waals surface area contributed by atoms with Gasteiger partial charge in [0.1, 0.15) is 16.8 Å². The smallest absolute Gasteiger partial charge is 0.239 e. The van der Waals surface area contributed by atoms with Crippen molar-refractivity contribution >= 4 is 22.2 Å². The average molecular weight is 425 g/mol. The fourth-order valence-corrected chi connectivity index (χ4v) is 5.53. The Bertz CT molecular complexity index is 941. The van der Waals surface area contributed by atoms with Gasteiger partial charge in [0.25, 0.3) is 0 Å². The zero-order valence-electron chi connectivity index (χ0n) is 17.4. The van der Waals surface area contributed by atoms with Crippen LogP contribution in [0.5, 0.6) is 5.75 Å². The molecule has 2 aromatic rings. The van der Waals surface area contributed by atoms with Gasteiger partial charge in [-0.05, 0) is 48.9 Å². The maximum absolute atomic E-state index is 12.6. The highest BCUT2D eigenvalue weighted by molar-refractivity contribution is 7.16. The van der Waals surface area contributed by atoms with Gasteiger partial charge in [0.15, 0.2) is 0 Å². The molecule has 0 radical (unpaired) electrons. The van der Waals surface area contributed by atoms with Crippen molar-refractivity contribution in [3.8, 4) is 11.8 Å². The Morgan fingerprint density at radius 2 is 1.97 bits per heavy atom. The van der Waals surface area contributed by atoms with Gasteiger partial charge in [-0.3, -0.25) is 14.6 Å². The first-order chi connectivity index (χ1) is 14.7. The van der Waals surface area contributed by atoms with Crippen molar-refractivity contribution in [1.29, 1.82) is 5.26 Å². The number of carbonyl (C=O) groups excluding carboxylic acids is 1. The molecular weight excluding hydrogens is 396 g/mol. The van der Waals surface area contributed by atoms with Gasteiger partial charge in [0.05, 0.1) is 19.2 Å². The quantitative estimate of drug-likeness (QED) is 0.771. The molecule has 0 atom stereocenters. The van der Waals surface area contributed by atoms with Crippen LogP contribution in [0.2, 0.25) is 0 Å². The lowest BCUT2D eigenvalue weighted by molar-refractivity contribution is -0.117. The lowest BCUT2D eigenvalue weighted by Gasteiger charge is -2.34. The normalized spacial score (nSPS) is 17.2. The molecule has 0 saturated carbocycles. The summed E-state index contributed by atoms with van der Waals surface area (Å²) in [6.07, 6.45) is 4.29. The topological polar surface area (TPSA) is 68.6 Å². The Labute approximate surface area is 182 Å². The Balaban J connectivity index is 1.28. The molecule has 158 valence electrons.